The fraction of sp³-hybridized carbons (Fsp3) is 0.0476. The van der Waals surface area contributed by atoms with E-state index in [0.29, 0.717) is 11.1 Å². The summed E-state index contributed by atoms with van der Waals surface area (Å²) in [5.74, 6) is 0. The van der Waals surface area contributed by atoms with Gasteiger partial charge in [0.15, 0.2) is 0 Å². The molecule has 0 aliphatic heterocycles. The summed E-state index contributed by atoms with van der Waals surface area (Å²) in [5.41, 5.74) is 2.70. The van der Waals surface area contributed by atoms with Crippen molar-refractivity contribution in [1.29, 1.82) is 0 Å². The number of para-hydroxylation sites is 1. The summed E-state index contributed by atoms with van der Waals surface area (Å²) in [4.78, 5) is 16.7. The minimum atomic E-state index is -0.339. The van der Waals surface area contributed by atoms with Gasteiger partial charge in [0.1, 0.15) is 5.58 Å². The van der Waals surface area contributed by atoms with Crippen LogP contribution in [0.5, 0.6) is 0 Å². The van der Waals surface area contributed by atoms with E-state index in [1.54, 1.807) is 18.5 Å². The monoisotopic (exact) mass is 328 g/mol. The van der Waals surface area contributed by atoms with E-state index in [4.69, 9.17) is 4.42 Å². The minimum Gasteiger partial charge on any atom is -0.422 e. The number of aromatic nitrogens is 1. The number of anilines is 1. The van der Waals surface area contributed by atoms with Gasteiger partial charge < -0.3 is 9.73 Å². The lowest BCUT2D eigenvalue weighted by Crippen LogP contribution is -2.20. The SMILES string of the molecule is O=c1oc2ccccc2cc1C(Nc1ccncc1)c1ccccc1. The normalized spacial score (nSPS) is 12.0. The Bertz CT molecular complexity index is 1040. The first-order valence-electron chi connectivity index (χ1n) is 8.05. The second-order valence-electron chi connectivity index (χ2n) is 5.75. The molecule has 122 valence electrons. The predicted molar refractivity (Wildman–Crippen MR) is 98.6 cm³/mol. The van der Waals surface area contributed by atoms with Crippen LogP contribution in [0, 0.1) is 0 Å². The summed E-state index contributed by atoms with van der Waals surface area (Å²) in [5, 5.41) is 4.31. The molecule has 1 atom stereocenters. The molecule has 0 aliphatic carbocycles. The van der Waals surface area contributed by atoms with E-state index in [9.17, 15) is 4.79 Å². The van der Waals surface area contributed by atoms with Crippen LogP contribution in [-0.2, 0) is 0 Å². The Morgan fingerprint density at radius 2 is 1.60 bits per heavy atom. The molecule has 25 heavy (non-hydrogen) atoms. The molecular weight excluding hydrogens is 312 g/mol. The first-order valence-corrected chi connectivity index (χ1v) is 8.05. The third-order valence-electron chi connectivity index (χ3n) is 4.10. The van der Waals surface area contributed by atoms with Crippen LogP contribution < -0.4 is 10.9 Å². The van der Waals surface area contributed by atoms with Gasteiger partial charge in [-0.25, -0.2) is 4.79 Å². The molecule has 0 radical (unpaired) electrons. The summed E-state index contributed by atoms with van der Waals surface area (Å²) >= 11 is 0. The molecule has 2 aromatic heterocycles. The highest BCUT2D eigenvalue weighted by Gasteiger charge is 2.19. The van der Waals surface area contributed by atoms with Gasteiger partial charge in [0.2, 0.25) is 0 Å². The van der Waals surface area contributed by atoms with E-state index in [2.05, 4.69) is 10.3 Å². The van der Waals surface area contributed by atoms with Crippen LogP contribution >= 0.6 is 0 Å². The number of hydrogen-bond acceptors (Lipinski definition) is 4. The molecule has 0 fully saturated rings. The number of pyridine rings is 1. The third kappa shape index (κ3) is 3.15. The van der Waals surface area contributed by atoms with E-state index >= 15 is 0 Å². The van der Waals surface area contributed by atoms with Crippen molar-refractivity contribution in [3.63, 3.8) is 0 Å². The smallest absolute Gasteiger partial charge is 0.341 e. The van der Waals surface area contributed by atoms with E-state index in [0.717, 1.165) is 16.6 Å². The summed E-state index contributed by atoms with van der Waals surface area (Å²) in [6, 6.07) is 22.7. The Kier molecular flexibility index (Phi) is 4.01. The minimum absolute atomic E-state index is 0.315. The second-order valence-corrected chi connectivity index (χ2v) is 5.75. The molecule has 0 bridgehead atoms. The average Bonchev–Trinajstić information content (AvgIpc) is 2.67. The van der Waals surface area contributed by atoms with Crippen molar-refractivity contribution >= 4 is 16.7 Å². The van der Waals surface area contributed by atoms with E-state index < -0.39 is 0 Å². The Balaban J connectivity index is 1.86. The van der Waals surface area contributed by atoms with Gasteiger partial charge in [-0.2, -0.15) is 0 Å². The Labute approximate surface area is 144 Å². The molecule has 0 amide bonds. The highest BCUT2D eigenvalue weighted by atomic mass is 16.4. The maximum absolute atomic E-state index is 12.6. The molecule has 0 spiro atoms. The highest BCUT2D eigenvalue weighted by Crippen LogP contribution is 2.26. The zero-order valence-corrected chi connectivity index (χ0v) is 13.4. The molecule has 2 heterocycles. The summed E-state index contributed by atoms with van der Waals surface area (Å²) in [6.07, 6.45) is 3.43. The number of hydrogen-bond donors (Lipinski definition) is 1. The fourth-order valence-corrected chi connectivity index (χ4v) is 2.88. The Morgan fingerprint density at radius 3 is 2.40 bits per heavy atom. The molecule has 0 saturated carbocycles. The lowest BCUT2D eigenvalue weighted by Gasteiger charge is -2.20. The third-order valence-corrected chi connectivity index (χ3v) is 4.10. The fourth-order valence-electron chi connectivity index (χ4n) is 2.88. The zero-order valence-electron chi connectivity index (χ0n) is 13.4. The van der Waals surface area contributed by atoms with Crippen molar-refractivity contribution in [3.05, 3.63) is 107 Å². The maximum Gasteiger partial charge on any atom is 0.341 e. The number of fused-ring (bicyclic) bond motifs is 1. The number of nitrogens with zero attached hydrogens (tertiary/aromatic N) is 1. The molecule has 4 aromatic rings. The first kappa shape index (κ1) is 15.1. The van der Waals surface area contributed by atoms with Gasteiger partial charge in [0, 0.05) is 23.5 Å². The van der Waals surface area contributed by atoms with Gasteiger partial charge in [-0.15, -0.1) is 0 Å². The molecule has 1 N–H and O–H groups in total. The van der Waals surface area contributed by atoms with E-state index in [-0.39, 0.29) is 11.7 Å². The lowest BCUT2D eigenvalue weighted by molar-refractivity contribution is 0.547. The molecule has 0 saturated heterocycles. The summed E-state index contributed by atoms with van der Waals surface area (Å²) in [6.45, 7) is 0. The predicted octanol–water partition coefficient (Wildman–Crippen LogP) is 4.39. The van der Waals surface area contributed by atoms with Crippen molar-refractivity contribution in [2.75, 3.05) is 5.32 Å². The Hall–Kier alpha value is -3.40. The average molecular weight is 328 g/mol. The van der Waals surface area contributed by atoms with Gasteiger partial charge in [-0.1, -0.05) is 48.5 Å². The number of benzene rings is 2. The van der Waals surface area contributed by atoms with Gasteiger partial charge in [-0.05, 0) is 29.8 Å². The van der Waals surface area contributed by atoms with E-state index in [1.807, 2.05) is 66.7 Å². The van der Waals surface area contributed by atoms with Crippen molar-refractivity contribution < 1.29 is 4.42 Å². The van der Waals surface area contributed by atoms with Crippen LogP contribution in [0.25, 0.3) is 11.0 Å². The largest absolute Gasteiger partial charge is 0.422 e. The van der Waals surface area contributed by atoms with Crippen LogP contribution in [-0.4, -0.2) is 4.98 Å². The summed E-state index contributed by atoms with van der Waals surface area (Å²) < 4.78 is 5.53. The van der Waals surface area contributed by atoms with Crippen molar-refractivity contribution in [3.8, 4) is 0 Å². The van der Waals surface area contributed by atoms with Crippen molar-refractivity contribution in [1.82, 2.24) is 4.98 Å². The number of rotatable bonds is 4. The van der Waals surface area contributed by atoms with Gasteiger partial charge in [0.25, 0.3) is 0 Å². The van der Waals surface area contributed by atoms with Crippen molar-refractivity contribution in [2.24, 2.45) is 0 Å². The molecular formula is C21H16N2O2. The van der Waals surface area contributed by atoms with Crippen LogP contribution in [0.15, 0.2) is 94.4 Å². The topological polar surface area (TPSA) is 55.1 Å². The molecule has 0 aliphatic rings. The summed E-state index contributed by atoms with van der Waals surface area (Å²) in [7, 11) is 0. The number of nitrogens with one attached hydrogen (secondary N) is 1. The quantitative estimate of drug-likeness (QED) is 0.565. The first-order chi connectivity index (χ1) is 12.3. The molecule has 2 aromatic carbocycles. The van der Waals surface area contributed by atoms with Gasteiger partial charge >= 0.3 is 5.63 Å². The second kappa shape index (κ2) is 6.61. The Morgan fingerprint density at radius 1 is 0.880 bits per heavy atom. The highest BCUT2D eigenvalue weighted by molar-refractivity contribution is 5.77. The molecule has 4 heteroatoms. The van der Waals surface area contributed by atoms with E-state index in [1.165, 1.54) is 0 Å². The standard InChI is InChI=1S/C21H16N2O2/c24-21-18(14-16-8-4-5-9-19(16)25-21)20(15-6-2-1-3-7-15)23-17-10-12-22-13-11-17/h1-14,20H,(H,22,23). The van der Waals surface area contributed by atoms with Gasteiger partial charge in [0.05, 0.1) is 11.6 Å². The van der Waals surface area contributed by atoms with Crippen LogP contribution in [0.1, 0.15) is 17.2 Å². The van der Waals surface area contributed by atoms with Crippen LogP contribution in [0.4, 0.5) is 5.69 Å². The van der Waals surface area contributed by atoms with Crippen LogP contribution in [0.2, 0.25) is 0 Å². The molecule has 4 rings (SSSR count). The molecule has 1 unspecified atom stereocenters. The lowest BCUT2D eigenvalue weighted by atomic mass is 9.99. The maximum atomic E-state index is 12.6. The zero-order chi connectivity index (χ0) is 17.1. The van der Waals surface area contributed by atoms with Gasteiger partial charge in [-0.3, -0.25) is 4.98 Å². The van der Waals surface area contributed by atoms with Crippen molar-refractivity contribution in [2.45, 2.75) is 6.04 Å². The van der Waals surface area contributed by atoms with Crippen LogP contribution in [0.3, 0.4) is 0 Å². The molecule has 4 nitrogen and oxygen atoms in total.